The third-order valence-corrected chi connectivity index (χ3v) is 3.37. The van der Waals surface area contributed by atoms with E-state index >= 15 is 0 Å². The zero-order valence-corrected chi connectivity index (χ0v) is 13.6. The van der Waals surface area contributed by atoms with E-state index < -0.39 is 5.54 Å². The number of nitrogens with zero attached hydrogens (tertiary/aromatic N) is 1. The van der Waals surface area contributed by atoms with Crippen molar-refractivity contribution in [3.05, 3.63) is 0 Å². The van der Waals surface area contributed by atoms with Crippen LogP contribution in [0.4, 0.5) is 0 Å². The van der Waals surface area contributed by atoms with Crippen LogP contribution in [0.1, 0.15) is 47.0 Å². The predicted molar refractivity (Wildman–Crippen MR) is 81.7 cm³/mol. The van der Waals surface area contributed by atoms with Crippen LogP contribution in [0.3, 0.4) is 0 Å². The van der Waals surface area contributed by atoms with Gasteiger partial charge in [0.05, 0.1) is 13.2 Å². The molecule has 0 aromatic rings. The van der Waals surface area contributed by atoms with Crippen LogP contribution < -0.4 is 5.73 Å². The number of hydrogen-bond acceptors (Lipinski definition) is 5. The lowest BCUT2D eigenvalue weighted by molar-refractivity contribution is -0.149. The lowest BCUT2D eigenvalue weighted by atomic mass is 9.96. The van der Waals surface area contributed by atoms with Crippen LogP contribution in [0.25, 0.3) is 0 Å². The third kappa shape index (κ3) is 8.51. The summed E-state index contributed by atoms with van der Waals surface area (Å²) in [6.45, 7) is 12.6. The van der Waals surface area contributed by atoms with E-state index in [1.807, 2.05) is 6.92 Å². The maximum absolute atomic E-state index is 11.6. The maximum atomic E-state index is 11.6. The van der Waals surface area contributed by atoms with Gasteiger partial charge in [-0.25, -0.2) is 0 Å². The highest BCUT2D eigenvalue weighted by atomic mass is 16.5. The summed E-state index contributed by atoms with van der Waals surface area (Å²) in [5.74, 6) is -0.302. The number of likely N-dealkylation sites (N-methyl/N-ethyl adjacent to an activating group) is 1. The Morgan fingerprint density at radius 1 is 1.15 bits per heavy atom. The van der Waals surface area contributed by atoms with Crippen LogP contribution in [0.5, 0.6) is 0 Å². The normalized spacial score (nSPS) is 14.3. The molecule has 0 aliphatic carbocycles. The minimum atomic E-state index is -0.863. The fourth-order valence-electron chi connectivity index (χ4n) is 1.99. The molecule has 0 aliphatic rings. The van der Waals surface area contributed by atoms with Gasteiger partial charge in [-0.1, -0.05) is 6.92 Å². The Kier molecular flexibility index (Phi) is 10.7. The predicted octanol–water partition coefficient (Wildman–Crippen LogP) is 1.80. The Labute approximate surface area is 123 Å². The molecule has 0 rings (SSSR count). The van der Waals surface area contributed by atoms with Gasteiger partial charge in [0.2, 0.25) is 0 Å². The van der Waals surface area contributed by atoms with Gasteiger partial charge in [-0.15, -0.1) is 0 Å². The second kappa shape index (κ2) is 11.1. The third-order valence-electron chi connectivity index (χ3n) is 3.37. The Hall–Kier alpha value is -0.650. The average molecular weight is 288 g/mol. The lowest BCUT2D eigenvalue weighted by Gasteiger charge is -2.23. The molecule has 0 saturated carbocycles. The molecule has 0 radical (unpaired) electrons. The molecule has 5 nitrogen and oxygen atoms in total. The summed E-state index contributed by atoms with van der Waals surface area (Å²) in [7, 11) is 0. The fourth-order valence-corrected chi connectivity index (χ4v) is 1.99. The topological polar surface area (TPSA) is 64.8 Å². The molecule has 0 fully saturated rings. The van der Waals surface area contributed by atoms with Crippen LogP contribution in [0.15, 0.2) is 0 Å². The van der Waals surface area contributed by atoms with E-state index in [0.29, 0.717) is 13.0 Å². The molecule has 0 spiro atoms. The molecule has 0 heterocycles. The first kappa shape index (κ1) is 19.4. The van der Waals surface area contributed by atoms with Crippen molar-refractivity contribution in [2.45, 2.75) is 52.5 Å². The number of ether oxygens (including phenoxy) is 2. The van der Waals surface area contributed by atoms with Gasteiger partial charge < -0.3 is 20.1 Å². The van der Waals surface area contributed by atoms with E-state index in [2.05, 4.69) is 11.8 Å². The summed E-state index contributed by atoms with van der Waals surface area (Å²) >= 11 is 0. The molecule has 0 aromatic carbocycles. The summed E-state index contributed by atoms with van der Waals surface area (Å²) in [4.78, 5) is 14.0. The SMILES string of the molecule is CCOCCN(CC)CCCCC(C)(N)C(=O)OCC. The van der Waals surface area contributed by atoms with E-state index in [4.69, 9.17) is 15.2 Å². The van der Waals surface area contributed by atoms with Crippen molar-refractivity contribution in [2.75, 3.05) is 39.5 Å². The maximum Gasteiger partial charge on any atom is 0.325 e. The van der Waals surface area contributed by atoms with Crippen LogP contribution >= 0.6 is 0 Å². The summed E-state index contributed by atoms with van der Waals surface area (Å²) in [5.41, 5.74) is 5.12. The highest BCUT2D eigenvalue weighted by molar-refractivity contribution is 5.79. The molecular formula is C15H32N2O3. The van der Waals surface area contributed by atoms with E-state index in [1.165, 1.54) is 0 Å². The Balaban J connectivity index is 3.84. The van der Waals surface area contributed by atoms with E-state index in [1.54, 1.807) is 13.8 Å². The number of esters is 1. The van der Waals surface area contributed by atoms with Crippen LogP contribution in [0.2, 0.25) is 0 Å². The van der Waals surface area contributed by atoms with Crippen molar-refractivity contribution < 1.29 is 14.3 Å². The van der Waals surface area contributed by atoms with Gasteiger partial charge >= 0.3 is 5.97 Å². The molecule has 2 N–H and O–H groups in total. The van der Waals surface area contributed by atoms with Crippen LogP contribution in [-0.4, -0.2) is 55.9 Å². The quantitative estimate of drug-likeness (QED) is 0.438. The first-order valence-corrected chi connectivity index (χ1v) is 7.74. The molecule has 20 heavy (non-hydrogen) atoms. The molecule has 0 aliphatic heterocycles. The fraction of sp³-hybridized carbons (Fsp3) is 0.933. The summed E-state index contributed by atoms with van der Waals surface area (Å²) in [6.07, 6.45) is 2.62. The highest BCUT2D eigenvalue weighted by Crippen LogP contribution is 2.13. The number of carbonyl (C=O) groups excluding carboxylic acids is 1. The monoisotopic (exact) mass is 288 g/mol. The van der Waals surface area contributed by atoms with Crippen LogP contribution in [0, 0.1) is 0 Å². The number of rotatable bonds is 12. The lowest BCUT2D eigenvalue weighted by Crippen LogP contribution is -2.46. The molecular weight excluding hydrogens is 256 g/mol. The van der Waals surface area contributed by atoms with Crippen molar-refractivity contribution >= 4 is 5.97 Å². The van der Waals surface area contributed by atoms with Gasteiger partial charge in [0, 0.05) is 13.2 Å². The second-order valence-electron chi connectivity index (χ2n) is 5.23. The van der Waals surface area contributed by atoms with Crippen LogP contribution in [-0.2, 0) is 14.3 Å². The van der Waals surface area contributed by atoms with Gasteiger partial charge in [0.15, 0.2) is 0 Å². The molecule has 0 amide bonds. The number of carbonyl (C=O) groups is 1. The minimum Gasteiger partial charge on any atom is -0.465 e. The van der Waals surface area contributed by atoms with E-state index in [0.717, 1.165) is 45.7 Å². The Morgan fingerprint density at radius 2 is 1.85 bits per heavy atom. The van der Waals surface area contributed by atoms with Gasteiger partial charge in [-0.3, -0.25) is 4.79 Å². The number of unbranched alkanes of at least 4 members (excludes halogenated alkanes) is 1. The highest BCUT2D eigenvalue weighted by Gasteiger charge is 2.29. The first-order chi connectivity index (χ1) is 9.47. The number of hydrogen-bond donors (Lipinski definition) is 1. The van der Waals surface area contributed by atoms with Gasteiger partial charge in [-0.2, -0.15) is 0 Å². The molecule has 0 aromatic heterocycles. The van der Waals surface area contributed by atoms with E-state index in [9.17, 15) is 4.79 Å². The van der Waals surface area contributed by atoms with Crippen molar-refractivity contribution in [3.63, 3.8) is 0 Å². The number of nitrogens with two attached hydrogens (primary N) is 1. The van der Waals surface area contributed by atoms with Crippen molar-refractivity contribution in [3.8, 4) is 0 Å². The van der Waals surface area contributed by atoms with Gasteiger partial charge in [0.25, 0.3) is 0 Å². The largest absolute Gasteiger partial charge is 0.465 e. The zero-order valence-electron chi connectivity index (χ0n) is 13.6. The summed E-state index contributed by atoms with van der Waals surface area (Å²) in [5, 5.41) is 0. The smallest absolute Gasteiger partial charge is 0.325 e. The van der Waals surface area contributed by atoms with E-state index in [-0.39, 0.29) is 5.97 Å². The molecule has 0 bridgehead atoms. The van der Waals surface area contributed by atoms with Gasteiger partial charge in [0.1, 0.15) is 5.54 Å². The molecule has 120 valence electrons. The molecule has 0 saturated heterocycles. The Morgan fingerprint density at radius 3 is 2.40 bits per heavy atom. The minimum absolute atomic E-state index is 0.302. The standard InChI is InChI=1S/C15H32N2O3/c1-5-17(12-13-19-6-2)11-9-8-10-15(4,16)14(18)20-7-3/h5-13,16H2,1-4H3. The average Bonchev–Trinajstić information content (AvgIpc) is 2.41. The first-order valence-electron chi connectivity index (χ1n) is 7.74. The van der Waals surface area contributed by atoms with Gasteiger partial charge in [-0.05, 0) is 53.1 Å². The Bertz CT molecular complexity index is 258. The molecule has 1 unspecified atom stereocenters. The van der Waals surface area contributed by atoms with Crippen molar-refractivity contribution in [1.29, 1.82) is 0 Å². The molecule has 5 heteroatoms. The van der Waals surface area contributed by atoms with Crippen molar-refractivity contribution in [2.24, 2.45) is 5.73 Å². The summed E-state index contributed by atoms with van der Waals surface area (Å²) in [6, 6.07) is 0. The molecule has 1 atom stereocenters. The zero-order chi connectivity index (χ0) is 15.4. The second-order valence-corrected chi connectivity index (χ2v) is 5.23. The van der Waals surface area contributed by atoms with Crippen molar-refractivity contribution in [1.82, 2.24) is 4.90 Å². The summed E-state index contributed by atoms with van der Waals surface area (Å²) < 4.78 is 10.3.